The number of carboxylic acids is 1. The summed E-state index contributed by atoms with van der Waals surface area (Å²) >= 11 is 0. The molecule has 9 N–H and O–H groups in total. The van der Waals surface area contributed by atoms with Crippen molar-refractivity contribution < 1.29 is 34.2 Å². The number of benzene rings is 4. The van der Waals surface area contributed by atoms with Crippen LogP contribution in [0.3, 0.4) is 0 Å². The van der Waals surface area contributed by atoms with Crippen molar-refractivity contribution in [1.82, 2.24) is 26.3 Å². The molecular formula is C40H42N6O7. The van der Waals surface area contributed by atoms with Crippen LogP contribution in [0.4, 0.5) is 0 Å². The minimum atomic E-state index is -1.29. The van der Waals surface area contributed by atoms with E-state index in [4.69, 9.17) is 5.73 Å². The van der Waals surface area contributed by atoms with Gasteiger partial charge in [0.1, 0.15) is 29.9 Å². The highest BCUT2D eigenvalue weighted by Gasteiger charge is 2.32. The summed E-state index contributed by atoms with van der Waals surface area (Å²) in [4.78, 5) is 69.9. The smallest absolute Gasteiger partial charge is 0.326 e. The Balaban J connectivity index is 1.41. The molecule has 5 rings (SSSR count). The van der Waals surface area contributed by atoms with Gasteiger partial charge in [-0.3, -0.25) is 19.2 Å². The summed E-state index contributed by atoms with van der Waals surface area (Å²) in [6.45, 7) is -0.368. The number of rotatable bonds is 17. The van der Waals surface area contributed by atoms with Crippen molar-refractivity contribution in [2.45, 2.75) is 49.9 Å². The zero-order valence-corrected chi connectivity index (χ0v) is 28.8. The van der Waals surface area contributed by atoms with Gasteiger partial charge in [0.05, 0.1) is 6.54 Å². The minimum absolute atomic E-state index is 0.00478. The normalized spacial score (nSPS) is 13.2. The van der Waals surface area contributed by atoms with Crippen LogP contribution in [0.5, 0.6) is 5.75 Å². The second-order valence-corrected chi connectivity index (χ2v) is 12.7. The summed E-state index contributed by atoms with van der Waals surface area (Å²) in [5.74, 6) is -3.95. The van der Waals surface area contributed by atoms with Crippen molar-refractivity contribution in [3.05, 3.63) is 138 Å². The average molecular weight is 719 g/mol. The number of aliphatic carboxylic acids is 1. The Morgan fingerprint density at radius 1 is 0.566 bits per heavy atom. The molecule has 274 valence electrons. The van der Waals surface area contributed by atoms with E-state index in [2.05, 4.69) is 26.3 Å². The number of nitrogens with one attached hydrogen (secondary N) is 5. The van der Waals surface area contributed by atoms with Gasteiger partial charge < -0.3 is 42.2 Å². The second-order valence-electron chi connectivity index (χ2n) is 12.7. The molecule has 0 saturated heterocycles. The van der Waals surface area contributed by atoms with Crippen molar-refractivity contribution in [3.63, 3.8) is 0 Å². The Bertz CT molecular complexity index is 2020. The predicted molar refractivity (Wildman–Crippen MR) is 199 cm³/mol. The molecule has 4 aromatic carbocycles. The molecule has 4 atom stereocenters. The van der Waals surface area contributed by atoms with Crippen molar-refractivity contribution in [3.8, 4) is 5.75 Å². The molecule has 0 aliphatic carbocycles. The highest BCUT2D eigenvalue weighted by molar-refractivity contribution is 5.96. The Hall–Kier alpha value is -6.47. The molecule has 0 spiro atoms. The molecule has 1 heterocycles. The summed E-state index contributed by atoms with van der Waals surface area (Å²) < 4.78 is 0. The van der Waals surface area contributed by atoms with E-state index in [-0.39, 0.29) is 38.0 Å². The van der Waals surface area contributed by atoms with Gasteiger partial charge in [-0.15, -0.1) is 0 Å². The number of para-hydroxylation sites is 1. The van der Waals surface area contributed by atoms with Gasteiger partial charge in [-0.05, 0) is 40.5 Å². The first-order valence-electron chi connectivity index (χ1n) is 17.1. The number of carbonyl (C=O) groups is 5. The van der Waals surface area contributed by atoms with E-state index in [0.717, 1.165) is 16.5 Å². The van der Waals surface area contributed by atoms with E-state index in [9.17, 15) is 34.2 Å². The van der Waals surface area contributed by atoms with Gasteiger partial charge in [-0.25, -0.2) is 4.79 Å². The summed E-state index contributed by atoms with van der Waals surface area (Å²) in [5.41, 5.74) is 9.15. The van der Waals surface area contributed by atoms with Crippen LogP contribution in [0.2, 0.25) is 0 Å². The molecule has 0 unspecified atom stereocenters. The predicted octanol–water partition coefficient (Wildman–Crippen LogP) is 2.13. The summed E-state index contributed by atoms with van der Waals surface area (Å²) in [5, 5.41) is 31.4. The Morgan fingerprint density at radius 2 is 1.02 bits per heavy atom. The zero-order chi connectivity index (χ0) is 37.7. The van der Waals surface area contributed by atoms with Crippen LogP contribution in [0.1, 0.15) is 22.3 Å². The van der Waals surface area contributed by atoms with Crippen LogP contribution in [-0.2, 0) is 49.7 Å². The fraction of sp³-hybridized carbons (Fsp3) is 0.225. The van der Waals surface area contributed by atoms with E-state index < -0.39 is 53.8 Å². The fourth-order valence-corrected chi connectivity index (χ4v) is 5.99. The maximum Gasteiger partial charge on any atom is 0.326 e. The third kappa shape index (κ3) is 10.8. The molecular weight excluding hydrogens is 676 g/mol. The molecule has 0 radical (unpaired) electrons. The number of H-pyrrole nitrogens is 1. The van der Waals surface area contributed by atoms with Crippen LogP contribution in [0.25, 0.3) is 10.9 Å². The summed E-state index contributed by atoms with van der Waals surface area (Å²) in [6.07, 6.45) is 1.81. The van der Waals surface area contributed by atoms with Crippen molar-refractivity contribution in [2.75, 3.05) is 6.54 Å². The largest absolute Gasteiger partial charge is 0.508 e. The van der Waals surface area contributed by atoms with Gasteiger partial charge in [0.2, 0.25) is 23.6 Å². The minimum Gasteiger partial charge on any atom is -0.508 e. The lowest BCUT2D eigenvalue weighted by atomic mass is 10.00. The highest BCUT2D eigenvalue weighted by Crippen LogP contribution is 2.20. The van der Waals surface area contributed by atoms with E-state index >= 15 is 0 Å². The quantitative estimate of drug-likeness (QED) is 0.0711. The maximum absolute atomic E-state index is 14.2. The number of phenolic OH excluding ortho intramolecular Hbond substituents is 1. The number of phenols is 1. The number of aromatic nitrogens is 1. The number of carboxylic acid groups (broad SMARTS) is 1. The molecule has 13 nitrogen and oxygen atoms in total. The monoisotopic (exact) mass is 718 g/mol. The van der Waals surface area contributed by atoms with Crippen LogP contribution < -0.4 is 27.0 Å². The Kier molecular flexibility index (Phi) is 12.9. The first kappa shape index (κ1) is 37.8. The molecule has 0 saturated carbocycles. The van der Waals surface area contributed by atoms with E-state index in [1.165, 1.54) is 12.1 Å². The van der Waals surface area contributed by atoms with Crippen molar-refractivity contribution in [1.29, 1.82) is 0 Å². The standard InChI is InChI=1S/C40H42N6O7/c41-23-36(48)43-34(22-28-24-42-31-14-8-7-13-30(28)31)39(51)45-33(20-27-15-17-29(47)18-16-27)37(49)44-32(19-25-9-3-1-4-10-25)38(50)46-35(40(52)53)21-26-11-5-2-6-12-26/h1-18,24,32-35,42,47H,19-23,41H2,(H,43,48)(H,44,49)(H,45,51)(H,46,50)(H,52,53)/t32-,33-,34-,35-/m1/s1. The Morgan fingerprint density at radius 3 is 1.55 bits per heavy atom. The number of hydrogen-bond donors (Lipinski definition) is 8. The molecule has 0 aliphatic heterocycles. The first-order valence-corrected chi connectivity index (χ1v) is 17.1. The summed E-state index contributed by atoms with van der Waals surface area (Å²) in [7, 11) is 0. The van der Waals surface area contributed by atoms with Crippen LogP contribution in [0.15, 0.2) is 115 Å². The van der Waals surface area contributed by atoms with Crippen molar-refractivity contribution in [2.24, 2.45) is 5.73 Å². The maximum atomic E-state index is 14.2. The van der Waals surface area contributed by atoms with Gasteiger partial charge in [0.25, 0.3) is 0 Å². The van der Waals surface area contributed by atoms with E-state index in [0.29, 0.717) is 16.7 Å². The second kappa shape index (κ2) is 18.1. The van der Waals surface area contributed by atoms with Gasteiger partial charge in [0.15, 0.2) is 0 Å². The number of aromatic hydroxyl groups is 1. The number of carbonyl (C=O) groups excluding carboxylic acids is 4. The molecule has 0 fully saturated rings. The third-order valence-corrected chi connectivity index (χ3v) is 8.76. The highest BCUT2D eigenvalue weighted by atomic mass is 16.4. The average Bonchev–Trinajstić information content (AvgIpc) is 3.57. The van der Waals surface area contributed by atoms with Gasteiger partial charge in [-0.2, -0.15) is 0 Å². The number of nitrogens with two attached hydrogens (primary N) is 1. The molecule has 1 aromatic heterocycles. The molecule has 53 heavy (non-hydrogen) atoms. The molecule has 5 aromatic rings. The molecule has 13 heteroatoms. The van der Waals surface area contributed by atoms with Gasteiger partial charge >= 0.3 is 5.97 Å². The first-order chi connectivity index (χ1) is 25.6. The molecule has 0 aliphatic rings. The lowest BCUT2D eigenvalue weighted by Gasteiger charge is -2.26. The third-order valence-electron chi connectivity index (χ3n) is 8.76. The topological polar surface area (TPSA) is 216 Å². The van der Waals surface area contributed by atoms with Crippen LogP contribution in [-0.4, -0.2) is 75.5 Å². The molecule has 4 amide bonds. The number of hydrogen-bond acceptors (Lipinski definition) is 7. The van der Waals surface area contributed by atoms with Gasteiger partial charge in [-0.1, -0.05) is 91.0 Å². The van der Waals surface area contributed by atoms with Gasteiger partial charge in [0, 0.05) is 42.8 Å². The van der Waals surface area contributed by atoms with E-state index in [1.807, 2.05) is 24.3 Å². The molecule has 0 bridgehead atoms. The van der Waals surface area contributed by atoms with Crippen LogP contribution in [0, 0.1) is 0 Å². The summed E-state index contributed by atoms with van der Waals surface area (Å²) in [6, 6.07) is 26.4. The fourth-order valence-electron chi connectivity index (χ4n) is 5.99. The SMILES string of the molecule is NCC(=O)N[C@H](Cc1c[nH]c2ccccc12)C(=O)N[C@H](Cc1ccc(O)cc1)C(=O)N[C@H](Cc1ccccc1)C(=O)N[C@H](Cc1ccccc1)C(=O)O. The Labute approximate surface area is 306 Å². The van der Waals surface area contributed by atoms with Crippen LogP contribution >= 0.6 is 0 Å². The number of fused-ring (bicyclic) bond motifs is 1. The van der Waals surface area contributed by atoms with E-state index in [1.54, 1.807) is 79.0 Å². The lowest BCUT2D eigenvalue weighted by molar-refractivity contribution is -0.142. The number of aromatic amines is 1. The lowest BCUT2D eigenvalue weighted by Crippen LogP contribution is -2.59. The zero-order valence-electron chi connectivity index (χ0n) is 28.8. The number of amides is 4. The van der Waals surface area contributed by atoms with Crippen molar-refractivity contribution >= 4 is 40.5 Å².